The highest BCUT2D eigenvalue weighted by Gasteiger charge is 2.30. The molecule has 2 aliphatic rings. The van der Waals surface area contributed by atoms with E-state index in [4.69, 9.17) is 11.6 Å². The van der Waals surface area contributed by atoms with Gasteiger partial charge >= 0.3 is 0 Å². The van der Waals surface area contributed by atoms with Crippen LogP contribution in [0.1, 0.15) is 35.3 Å². The third kappa shape index (κ3) is 3.70. The van der Waals surface area contributed by atoms with Gasteiger partial charge in [0.05, 0.1) is 16.5 Å². The third-order valence-electron chi connectivity index (χ3n) is 4.67. The number of aryl methyl sites for hydroxylation is 1. The first-order valence-electron chi connectivity index (χ1n) is 8.66. The van der Waals surface area contributed by atoms with E-state index in [0.717, 1.165) is 36.1 Å². The summed E-state index contributed by atoms with van der Waals surface area (Å²) in [4.78, 5) is 27.0. The Morgan fingerprint density at radius 3 is 3.00 bits per heavy atom. The second-order valence-corrected chi connectivity index (χ2v) is 9.30. The standard InChI is InChI=1S/C19H16ClN3O2S2/c20-10-5-6-15-13(7-10)22-18(25)16(26-15)8-17(24)23-19-12(9-21)11-3-1-2-4-14(11)27-19/h5-7,16H,1-4,8H2,(H,22,25)(H,23,24). The number of fused-ring (bicyclic) bond motifs is 2. The van der Waals surface area contributed by atoms with Crippen molar-refractivity contribution in [2.24, 2.45) is 0 Å². The molecule has 8 heteroatoms. The van der Waals surface area contributed by atoms with Crippen molar-refractivity contribution in [2.75, 3.05) is 10.6 Å². The van der Waals surface area contributed by atoms with Crippen molar-refractivity contribution in [1.29, 1.82) is 5.26 Å². The number of rotatable bonds is 3. The molecular formula is C19H16ClN3O2S2. The molecule has 2 aromatic rings. The van der Waals surface area contributed by atoms with Crippen molar-refractivity contribution >= 4 is 57.2 Å². The van der Waals surface area contributed by atoms with E-state index in [1.807, 2.05) is 6.07 Å². The maximum Gasteiger partial charge on any atom is 0.238 e. The minimum absolute atomic E-state index is 0.0476. The number of thiophene rings is 1. The van der Waals surface area contributed by atoms with Crippen LogP contribution < -0.4 is 10.6 Å². The molecule has 0 spiro atoms. The van der Waals surface area contributed by atoms with Crippen molar-refractivity contribution in [3.8, 4) is 6.07 Å². The zero-order chi connectivity index (χ0) is 19.0. The number of thioether (sulfide) groups is 1. The number of benzene rings is 1. The summed E-state index contributed by atoms with van der Waals surface area (Å²) in [6, 6.07) is 7.54. The minimum atomic E-state index is -0.515. The van der Waals surface area contributed by atoms with Gasteiger partial charge in [-0.05, 0) is 49.4 Å². The lowest BCUT2D eigenvalue weighted by atomic mass is 9.96. The number of nitriles is 1. The van der Waals surface area contributed by atoms with Crippen LogP contribution in [0.5, 0.6) is 0 Å². The fraction of sp³-hybridized carbons (Fsp3) is 0.316. The number of nitrogens with one attached hydrogen (secondary N) is 2. The van der Waals surface area contributed by atoms with Crippen molar-refractivity contribution in [2.45, 2.75) is 42.2 Å². The van der Waals surface area contributed by atoms with Gasteiger partial charge in [-0.3, -0.25) is 9.59 Å². The van der Waals surface area contributed by atoms with Gasteiger partial charge < -0.3 is 10.6 Å². The fourth-order valence-electron chi connectivity index (χ4n) is 3.38. The van der Waals surface area contributed by atoms with Gasteiger partial charge in [0.15, 0.2) is 0 Å². The molecule has 2 amide bonds. The Labute approximate surface area is 170 Å². The zero-order valence-corrected chi connectivity index (χ0v) is 16.7. The molecule has 0 radical (unpaired) electrons. The second kappa shape index (κ2) is 7.55. The van der Waals surface area contributed by atoms with Gasteiger partial charge in [-0.1, -0.05) is 11.6 Å². The summed E-state index contributed by atoms with van der Waals surface area (Å²) >= 11 is 8.81. The molecule has 27 heavy (non-hydrogen) atoms. The summed E-state index contributed by atoms with van der Waals surface area (Å²) in [7, 11) is 0. The molecule has 1 aliphatic carbocycles. The van der Waals surface area contributed by atoms with Gasteiger partial charge in [0, 0.05) is 21.2 Å². The number of halogens is 1. The normalized spacial score (nSPS) is 18.1. The van der Waals surface area contributed by atoms with E-state index in [-0.39, 0.29) is 18.2 Å². The summed E-state index contributed by atoms with van der Waals surface area (Å²) in [5.74, 6) is -0.467. The highest BCUT2D eigenvalue weighted by atomic mass is 35.5. The Bertz CT molecular complexity index is 980. The van der Waals surface area contributed by atoms with E-state index in [1.165, 1.54) is 28.0 Å². The van der Waals surface area contributed by atoms with Gasteiger partial charge in [0.2, 0.25) is 11.8 Å². The van der Waals surface area contributed by atoms with Crippen LogP contribution in [-0.4, -0.2) is 17.1 Å². The molecule has 0 fully saturated rings. The topological polar surface area (TPSA) is 82.0 Å². The molecule has 0 saturated carbocycles. The van der Waals surface area contributed by atoms with Crippen molar-refractivity contribution < 1.29 is 9.59 Å². The van der Waals surface area contributed by atoms with Gasteiger partial charge in [-0.15, -0.1) is 23.1 Å². The molecule has 1 aromatic heterocycles. The van der Waals surface area contributed by atoms with E-state index >= 15 is 0 Å². The molecule has 2 N–H and O–H groups in total. The van der Waals surface area contributed by atoms with E-state index in [9.17, 15) is 14.9 Å². The average molecular weight is 418 g/mol. The number of carbonyl (C=O) groups is 2. The van der Waals surface area contributed by atoms with Crippen LogP contribution >= 0.6 is 34.7 Å². The molecule has 5 nitrogen and oxygen atoms in total. The van der Waals surface area contributed by atoms with Crippen molar-refractivity contribution in [1.82, 2.24) is 0 Å². The predicted octanol–water partition coefficient (Wildman–Crippen LogP) is 4.59. The Balaban J connectivity index is 1.47. The Kier molecular flexibility index (Phi) is 5.13. The highest BCUT2D eigenvalue weighted by Crippen LogP contribution is 2.40. The monoisotopic (exact) mass is 417 g/mol. The first kappa shape index (κ1) is 18.4. The predicted molar refractivity (Wildman–Crippen MR) is 109 cm³/mol. The molecule has 1 atom stereocenters. The first-order chi connectivity index (χ1) is 13.0. The third-order valence-corrected chi connectivity index (χ3v) is 7.39. The lowest BCUT2D eigenvalue weighted by Crippen LogP contribution is -2.32. The molecule has 4 rings (SSSR count). The summed E-state index contributed by atoms with van der Waals surface area (Å²) in [6.45, 7) is 0. The summed E-state index contributed by atoms with van der Waals surface area (Å²) in [5, 5.41) is 15.8. The lowest BCUT2D eigenvalue weighted by molar-refractivity contribution is -0.120. The molecule has 1 unspecified atom stereocenters. The van der Waals surface area contributed by atoms with E-state index < -0.39 is 5.25 Å². The molecule has 0 bridgehead atoms. The smallest absolute Gasteiger partial charge is 0.238 e. The van der Waals surface area contributed by atoms with Crippen molar-refractivity contribution in [3.63, 3.8) is 0 Å². The molecule has 0 saturated heterocycles. The van der Waals surface area contributed by atoms with Crippen LogP contribution in [0.3, 0.4) is 0 Å². The molecule has 1 aliphatic heterocycles. The Morgan fingerprint density at radius 2 is 2.19 bits per heavy atom. The van der Waals surface area contributed by atoms with Crippen molar-refractivity contribution in [3.05, 3.63) is 39.2 Å². The van der Waals surface area contributed by atoms with Crippen LogP contribution in [-0.2, 0) is 22.4 Å². The summed E-state index contributed by atoms with van der Waals surface area (Å²) < 4.78 is 0. The number of hydrogen-bond acceptors (Lipinski definition) is 5. The van der Waals surface area contributed by atoms with Crippen LogP contribution in [0, 0.1) is 11.3 Å². The van der Waals surface area contributed by atoms with Gasteiger partial charge in [0.25, 0.3) is 0 Å². The maximum absolute atomic E-state index is 12.5. The number of hydrogen-bond donors (Lipinski definition) is 2. The highest BCUT2D eigenvalue weighted by molar-refractivity contribution is 8.01. The lowest BCUT2D eigenvalue weighted by Gasteiger charge is -2.23. The zero-order valence-electron chi connectivity index (χ0n) is 14.3. The molecule has 2 heterocycles. The molecule has 1 aromatic carbocycles. The van der Waals surface area contributed by atoms with Gasteiger partial charge in [-0.25, -0.2) is 0 Å². The molecule has 138 valence electrons. The average Bonchev–Trinajstić information content (AvgIpc) is 2.99. The number of nitrogens with zero attached hydrogens (tertiary/aromatic N) is 1. The second-order valence-electron chi connectivity index (χ2n) is 6.52. The summed E-state index contributed by atoms with van der Waals surface area (Å²) in [5.41, 5.74) is 2.34. The van der Waals surface area contributed by atoms with Crippen LogP contribution in [0.25, 0.3) is 0 Å². The Morgan fingerprint density at radius 1 is 1.37 bits per heavy atom. The van der Waals surface area contributed by atoms with Crippen LogP contribution in [0.15, 0.2) is 23.1 Å². The quantitative estimate of drug-likeness (QED) is 0.764. The number of anilines is 2. The maximum atomic E-state index is 12.5. The SMILES string of the molecule is N#Cc1c(NC(=O)CC2Sc3ccc(Cl)cc3NC2=O)sc2c1CCCC2. The largest absolute Gasteiger partial charge is 0.324 e. The van der Waals surface area contributed by atoms with E-state index in [2.05, 4.69) is 16.7 Å². The van der Waals surface area contributed by atoms with Crippen LogP contribution in [0.2, 0.25) is 5.02 Å². The first-order valence-corrected chi connectivity index (χ1v) is 10.7. The number of amides is 2. The van der Waals surface area contributed by atoms with Gasteiger partial charge in [-0.2, -0.15) is 5.26 Å². The summed E-state index contributed by atoms with van der Waals surface area (Å²) in [6.07, 6.45) is 4.10. The molecular weight excluding hydrogens is 402 g/mol. The minimum Gasteiger partial charge on any atom is -0.324 e. The van der Waals surface area contributed by atoms with Gasteiger partial charge in [0.1, 0.15) is 11.1 Å². The Hall–Kier alpha value is -2.01. The van der Waals surface area contributed by atoms with Crippen LogP contribution in [0.4, 0.5) is 10.7 Å². The fourth-order valence-corrected chi connectivity index (χ4v) is 5.89. The number of carbonyl (C=O) groups excluding carboxylic acids is 2. The van der Waals surface area contributed by atoms with E-state index in [1.54, 1.807) is 12.1 Å². The van der Waals surface area contributed by atoms with E-state index in [0.29, 0.717) is 21.3 Å².